The summed E-state index contributed by atoms with van der Waals surface area (Å²) in [6.45, 7) is -0.263. The minimum absolute atomic E-state index is 0.0176. The standard InChI is InChI=1S/C12H20N2O6/c1-20-5-4-12(2-3-12)8-13-11(19)14(6-9(15)16)7-10(17)18/h2-8H2,1H3,(H,13,19)(H,15,16)(H,17,18). The molecule has 8 heteroatoms. The molecule has 1 saturated carbocycles. The minimum Gasteiger partial charge on any atom is -0.480 e. The van der Waals surface area contributed by atoms with Gasteiger partial charge in [0, 0.05) is 20.3 Å². The lowest BCUT2D eigenvalue weighted by Crippen LogP contribution is -2.46. The molecule has 0 radical (unpaired) electrons. The molecule has 0 aromatic rings. The fraction of sp³-hybridized carbons (Fsp3) is 0.750. The predicted octanol–water partition coefficient (Wildman–Crippen LogP) is -0.0161. The zero-order chi connectivity index (χ0) is 15.2. The molecule has 0 aromatic carbocycles. The fourth-order valence-electron chi connectivity index (χ4n) is 1.91. The van der Waals surface area contributed by atoms with Crippen LogP contribution in [0.25, 0.3) is 0 Å². The third-order valence-electron chi connectivity index (χ3n) is 3.35. The maximum absolute atomic E-state index is 11.8. The van der Waals surface area contributed by atoms with Crippen molar-refractivity contribution in [2.45, 2.75) is 19.3 Å². The number of carboxylic acids is 2. The Balaban J connectivity index is 2.45. The van der Waals surface area contributed by atoms with E-state index < -0.39 is 31.1 Å². The Hall–Kier alpha value is -1.83. The summed E-state index contributed by atoms with van der Waals surface area (Å²) >= 11 is 0. The van der Waals surface area contributed by atoms with Crippen molar-refractivity contribution in [3.05, 3.63) is 0 Å². The van der Waals surface area contributed by atoms with Gasteiger partial charge in [0.05, 0.1) is 0 Å². The summed E-state index contributed by atoms with van der Waals surface area (Å²) in [5.41, 5.74) is 0.0176. The summed E-state index contributed by atoms with van der Waals surface area (Å²) in [6.07, 6.45) is 2.78. The molecule has 1 aliphatic rings. The second-order valence-corrected chi connectivity index (χ2v) is 5.05. The molecule has 0 heterocycles. The maximum atomic E-state index is 11.8. The largest absolute Gasteiger partial charge is 0.480 e. The van der Waals surface area contributed by atoms with Crippen LogP contribution in [0.15, 0.2) is 0 Å². The van der Waals surface area contributed by atoms with E-state index in [2.05, 4.69) is 5.32 Å². The lowest BCUT2D eigenvalue weighted by Gasteiger charge is -2.21. The Kier molecular flexibility index (Phi) is 5.75. The molecule has 1 fully saturated rings. The molecule has 1 rings (SSSR count). The van der Waals surface area contributed by atoms with Gasteiger partial charge in [0.2, 0.25) is 0 Å². The van der Waals surface area contributed by atoms with Gasteiger partial charge in [-0.3, -0.25) is 9.59 Å². The third-order valence-corrected chi connectivity index (χ3v) is 3.35. The zero-order valence-corrected chi connectivity index (χ0v) is 11.4. The molecule has 114 valence electrons. The maximum Gasteiger partial charge on any atom is 0.323 e. The first-order valence-electron chi connectivity index (χ1n) is 6.34. The third kappa shape index (κ3) is 5.43. The van der Waals surface area contributed by atoms with Crippen LogP contribution in [0.5, 0.6) is 0 Å². The molecule has 0 aliphatic heterocycles. The molecule has 0 atom stereocenters. The number of carboxylic acid groups (broad SMARTS) is 2. The van der Waals surface area contributed by atoms with Gasteiger partial charge in [-0.1, -0.05) is 0 Å². The number of ether oxygens (including phenoxy) is 1. The van der Waals surface area contributed by atoms with E-state index in [1.165, 1.54) is 0 Å². The first-order valence-corrected chi connectivity index (χ1v) is 6.34. The van der Waals surface area contributed by atoms with E-state index in [9.17, 15) is 14.4 Å². The summed E-state index contributed by atoms with van der Waals surface area (Å²) in [6, 6.07) is -0.668. The van der Waals surface area contributed by atoms with Crippen molar-refractivity contribution in [1.29, 1.82) is 0 Å². The second-order valence-electron chi connectivity index (χ2n) is 5.05. The highest BCUT2D eigenvalue weighted by Gasteiger charge is 2.42. The Morgan fingerprint density at radius 2 is 1.75 bits per heavy atom. The summed E-state index contributed by atoms with van der Waals surface area (Å²) in [4.78, 5) is 33.8. The first kappa shape index (κ1) is 16.2. The normalized spacial score (nSPS) is 15.4. The minimum atomic E-state index is -1.25. The topological polar surface area (TPSA) is 116 Å². The highest BCUT2D eigenvalue weighted by molar-refractivity contribution is 5.84. The van der Waals surface area contributed by atoms with E-state index in [0.717, 1.165) is 24.2 Å². The molecule has 0 aromatic heterocycles. The van der Waals surface area contributed by atoms with Crippen molar-refractivity contribution in [2.75, 3.05) is 33.4 Å². The number of hydrogen-bond acceptors (Lipinski definition) is 4. The van der Waals surface area contributed by atoms with Crippen LogP contribution in [0.4, 0.5) is 4.79 Å². The average Bonchev–Trinajstić information content (AvgIpc) is 3.12. The summed E-state index contributed by atoms with van der Waals surface area (Å²) in [5, 5.41) is 20.0. The molecule has 2 amide bonds. The number of nitrogens with one attached hydrogen (secondary N) is 1. The van der Waals surface area contributed by atoms with Crippen molar-refractivity contribution in [3.8, 4) is 0 Å². The van der Waals surface area contributed by atoms with Crippen LogP contribution in [0, 0.1) is 5.41 Å². The Bertz CT molecular complexity index is 364. The van der Waals surface area contributed by atoms with Crippen molar-refractivity contribution < 1.29 is 29.3 Å². The molecule has 1 aliphatic carbocycles. The van der Waals surface area contributed by atoms with Gasteiger partial charge >= 0.3 is 18.0 Å². The number of nitrogens with zero attached hydrogens (tertiary/aromatic N) is 1. The van der Waals surface area contributed by atoms with Crippen molar-refractivity contribution in [2.24, 2.45) is 5.41 Å². The highest BCUT2D eigenvalue weighted by atomic mass is 16.5. The molecule has 3 N–H and O–H groups in total. The summed E-state index contributed by atoms with van der Waals surface area (Å²) in [5.74, 6) is -2.50. The lowest BCUT2D eigenvalue weighted by atomic mass is 10.0. The molecule has 0 bridgehead atoms. The Morgan fingerprint density at radius 3 is 2.15 bits per heavy atom. The van der Waals surface area contributed by atoms with Gasteiger partial charge in [0.15, 0.2) is 0 Å². The van der Waals surface area contributed by atoms with Gasteiger partial charge in [-0.2, -0.15) is 0 Å². The van der Waals surface area contributed by atoms with Gasteiger partial charge in [0.1, 0.15) is 13.1 Å². The van der Waals surface area contributed by atoms with Crippen LogP contribution in [-0.4, -0.2) is 66.4 Å². The number of aliphatic carboxylic acids is 2. The monoisotopic (exact) mass is 288 g/mol. The van der Waals surface area contributed by atoms with Crippen molar-refractivity contribution in [1.82, 2.24) is 10.2 Å². The number of carbonyl (C=O) groups is 3. The lowest BCUT2D eigenvalue weighted by molar-refractivity contribution is -0.140. The van der Waals surface area contributed by atoms with Crippen LogP contribution >= 0.6 is 0 Å². The number of hydrogen-bond donors (Lipinski definition) is 3. The second kappa shape index (κ2) is 7.09. The van der Waals surface area contributed by atoms with Crippen LogP contribution in [0.2, 0.25) is 0 Å². The average molecular weight is 288 g/mol. The van der Waals surface area contributed by atoms with E-state index in [1.807, 2.05) is 0 Å². The number of methoxy groups -OCH3 is 1. The van der Waals surface area contributed by atoms with Gasteiger partial charge in [-0.05, 0) is 24.7 Å². The van der Waals surface area contributed by atoms with E-state index in [1.54, 1.807) is 7.11 Å². The summed E-state index contributed by atoms with van der Waals surface area (Å²) < 4.78 is 5.00. The molecular weight excluding hydrogens is 268 g/mol. The molecule has 0 spiro atoms. The number of urea groups is 1. The van der Waals surface area contributed by atoms with Gasteiger partial charge in [0.25, 0.3) is 0 Å². The number of amides is 2. The van der Waals surface area contributed by atoms with E-state index in [0.29, 0.717) is 13.2 Å². The number of carbonyl (C=O) groups excluding carboxylic acids is 1. The van der Waals surface area contributed by atoms with Crippen molar-refractivity contribution >= 4 is 18.0 Å². The van der Waals surface area contributed by atoms with Crippen LogP contribution in [0.3, 0.4) is 0 Å². The van der Waals surface area contributed by atoms with E-state index in [-0.39, 0.29) is 5.41 Å². The first-order chi connectivity index (χ1) is 9.38. The zero-order valence-electron chi connectivity index (χ0n) is 11.4. The number of rotatable bonds is 9. The van der Waals surface area contributed by atoms with Crippen LogP contribution in [0.1, 0.15) is 19.3 Å². The molecule has 8 nitrogen and oxygen atoms in total. The van der Waals surface area contributed by atoms with E-state index in [4.69, 9.17) is 14.9 Å². The van der Waals surface area contributed by atoms with Crippen LogP contribution < -0.4 is 5.32 Å². The molecular formula is C12H20N2O6. The molecule has 20 heavy (non-hydrogen) atoms. The van der Waals surface area contributed by atoms with Gasteiger partial charge < -0.3 is 25.2 Å². The van der Waals surface area contributed by atoms with E-state index >= 15 is 0 Å². The Morgan fingerprint density at radius 1 is 1.20 bits per heavy atom. The Labute approximate surface area is 116 Å². The quantitative estimate of drug-likeness (QED) is 0.549. The van der Waals surface area contributed by atoms with Gasteiger partial charge in [-0.25, -0.2) is 4.79 Å². The molecule has 0 saturated heterocycles. The fourth-order valence-corrected chi connectivity index (χ4v) is 1.91. The van der Waals surface area contributed by atoms with Crippen LogP contribution in [-0.2, 0) is 14.3 Å². The highest BCUT2D eigenvalue weighted by Crippen LogP contribution is 2.48. The molecule has 0 unspecified atom stereocenters. The predicted molar refractivity (Wildman–Crippen MR) is 68.4 cm³/mol. The smallest absolute Gasteiger partial charge is 0.323 e. The SMILES string of the molecule is COCCC1(CNC(=O)N(CC(=O)O)CC(=O)O)CC1. The van der Waals surface area contributed by atoms with Crippen molar-refractivity contribution in [3.63, 3.8) is 0 Å². The van der Waals surface area contributed by atoms with Gasteiger partial charge in [-0.15, -0.1) is 0 Å². The summed E-state index contributed by atoms with van der Waals surface area (Å²) in [7, 11) is 1.61.